The molecule has 2 aromatic carbocycles. The highest BCUT2D eigenvalue weighted by atomic mass is 79.9. The molecular weight excluding hydrogens is 376 g/mol. The highest BCUT2D eigenvalue weighted by Gasteiger charge is 2.23. The Morgan fingerprint density at radius 2 is 1.78 bits per heavy atom. The van der Waals surface area contributed by atoms with E-state index in [0.717, 1.165) is 11.1 Å². The Morgan fingerprint density at radius 3 is 2.35 bits per heavy atom. The molecular formula is C17H21BrN2O2S. The van der Waals surface area contributed by atoms with Crippen LogP contribution in [-0.2, 0) is 10.0 Å². The largest absolute Gasteiger partial charge is 0.307 e. The van der Waals surface area contributed by atoms with E-state index in [1.54, 1.807) is 18.2 Å². The van der Waals surface area contributed by atoms with Crippen molar-refractivity contribution in [2.45, 2.75) is 17.9 Å². The predicted molar refractivity (Wildman–Crippen MR) is 96.9 cm³/mol. The first-order valence-electron chi connectivity index (χ1n) is 7.28. The lowest BCUT2D eigenvalue weighted by atomic mass is 10.1. The molecule has 124 valence electrons. The zero-order valence-electron chi connectivity index (χ0n) is 13.5. The zero-order valence-corrected chi connectivity index (χ0v) is 15.9. The Hall–Kier alpha value is -1.21. The van der Waals surface area contributed by atoms with Crippen molar-refractivity contribution in [3.05, 3.63) is 64.1 Å². The third kappa shape index (κ3) is 4.88. The van der Waals surface area contributed by atoms with Crippen molar-refractivity contribution in [1.82, 2.24) is 9.62 Å². The molecule has 1 N–H and O–H groups in total. The third-order valence-electron chi connectivity index (χ3n) is 3.42. The first kappa shape index (κ1) is 18.1. The fourth-order valence-corrected chi connectivity index (χ4v) is 4.74. The highest BCUT2D eigenvalue weighted by molar-refractivity contribution is 9.10. The van der Waals surface area contributed by atoms with Gasteiger partial charge in [-0.1, -0.05) is 36.4 Å². The Morgan fingerprint density at radius 1 is 1.13 bits per heavy atom. The van der Waals surface area contributed by atoms with Crippen LogP contribution in [0.4, 0.5) is 0 Å². The van der Waals surface area contributed by atoms with Crippen LogP contribution < -0.4 is 4.72 Å². The summed E-state index contributed by atoms with van der Waals surface area (Å²) in [7, 11) is 0.221. The van der Waals surface area contributed by atoms with E-state index in [1.807, 2.05) is 56.3 Å². The van der Waals surface area contributed by atoms with E-state index >= 15 is 0 Å². The fourth-order valence-electron chi connectivity index (χ4n) is 2.34. The van der Waals surface area contributed by atoms with Crippen LogP contribution in [-0.4, -0.2) is 34.0 Å². The minimum Gasteiger partial charge on any atom is -0.307 e. The van der Waals surface area contributed by atoms with E-state index in [-0.39, 0.29) is 10.9 Å². The van der Waals surface area contributed by atoms with Gasteiger partial charge >= 0.3 is 0 Å². The number of rotatable bonds is 6. The summed E-state index contributed by atoms with van der Waals surface area (Å²) in [4.78, 5) is 2.22. The Balaban J connectivity index is 2.34. The summed E-state index contributed by atoms with van der Waals surface area (Å²) in [6.45, 7) is 2.50. The summed E-state index contributed by atoms with van der Waals surface area (Å²) in [6.07, 6.45) is 0. The molecule has 0 aliphatic heterocycles. The van der Waals surface area contributed by atoms with Crippen LogP contribution in [0.25, 0.3) is 0 Å². The molecule has 0 spiro atoms. The van der Waals surface area contributed by atoms with Gasteiger partial charge in [-0.2, -0.15) is 0 Å². The summed E-state index contributed by atoms with van der Waals surface area (Å²) in [5.74, 6) is 0. The molecule has 1 atom stereocenters. The maximum Gasteiger partial charge on any atom is 0.242 e. The quantitative estimate of drug-likeness (QED) is 0.814. The topological polar surface area (TPSA) is 49.4 Å². The monoisotopic (exact) mass is 396 g/mol. The van der Waals surface area contributed by atoms with Gasteiger partial charge in [0.25, 0.3) is 0 Å². The standard InChI is InChI=1S/C17H21BrN2O2S/c1-13-9-10-17(15(18)11-13)23(21,22)19-16(12-20(2)3)14-7-5-4-6-8-14/h4-11,16,19H,12H2,1-3H3/t16-/m0/s1. The van der Waals surface area contributed by atoms with Crippen LogP contribution >= 0.6 is 15.9 Å². The molecule has 6 heteroatoms. The van der Waals surface area contributed by atoms with Crippen molar-refractivity contribution in [2.75, 3.05) is 20.6 Å². The Kier molecular flexibility index (Phi) is 5.97. The van der Waals surface area contributed by atoms with Gasteiger partial charge in [0.1, 0.15) is 0 Å². The van der Waals surface area contributed by atoms with Gasteiger partial charge < -0.3 is 4.90 Å². The molecule has 0 amide bonds. The van der Waals surface area contributed by atoms with Crippen LogP contribution in [0.2, 0.25) is 0 Å². The number of aryl methyl sites for hydroxylation is 1. The van der Waals surface area contributed by atoms with E-state index in [9.17, 15) is 8.42 Å². The van der Waals surface area contributed by atoms with Gasteiger partial charge in [0.15, 0.2) is 0 Å². The van der Waals surface area contributed by atoms with Gasteiger partial charge in [0, 0.05) is 11.0 Å². The molecule has 23 heavy (non-hydrogen) atoms. The summed E-state index contributed by atoms with van der Waals surface area (Å²) in [5.41, 5.74) is 1.94. The van der Waals surface area contributed by atoms with E-state index in [1.165, 1.54) is 0 Å². The van der Waals surface area contributed by atoms with Crippen molar-refractivity contribution in [3.63, 3.8) is 0 Å². The molecule has 4 nitrogen and oxygen atoms in total. The number of sulfonamides is 1. The number of hydrogen-bond donors (Lipinski definition) is 1. The molecule has 0 bridgehead atoms. The second-order valence-corrected chi connectivity index (χ2v) is 8.32. The zero-order chi connectivity index (χ0) is 17.0. The smallest absolute Gasteiger partial charge is 0.242 e. The lowest BCUT2D eigenvalue weighted by Gasteiger charge is -2.23. The summed E-state index contributed by atoms with van der Waals surface area (Å²) < 4.78 is 28.9. The van der Waals surface area contributed by atoms with Gasteiger partial charge in [-0.25, -0.2) is 13.1 Å². The number of hydrogen-bond acceptors (Lipinski definition) is 3. The lowest BCUT2D eigenvalue weighted by molar-refractivity contribution is 0.363. The van der Waals surface area contributed by atoms with Gasteiger partial charge in [0.05, 0.1) is 10.9 Å². The van der Waals surface area contributed by atoms with E-state index in [2.05, 4.69) is 20.7 Å². The highest BCUT2D eigenvalue weighted by Crippen LogP contribution is 2.25. The maximum atomic E-state index is 12.8. The second-order valence-electron chi connectivity index (χ2n) is 5.78. The van der Waals surface area contributed by atoms with Gasteiger partial charge in [0.2, 0.25) is 10.0 Å². The van der Waals surface area contributed by atoms with Gasteiger partial charge in [-0.05, 0) is 60.2 Å². The van der Waals surface area contributed by atoms with Crippen LogP contribution in [0.1, 0.15) is 17.2 Å². The summed E-state index contributed by atoms with van der Waals surface area (Å²) >= 11 is 3.35. The van der Waals surface area contributed by atoms with Gasteiger partial charge in [-0.3, -0.25) is 0 Å². The molecule has 0 heterocycles. The number of likely N-dealkylation sites (N-methyl/N-ethyl adjacent to an activating group) is 1. The molecule has 0 aliphatic rings. The first-order valence-corrected chi connectivity index (χ1v) is 9.55. The van der Waals surface area contributed by atoms with Crippen molar-refractivity contribution in [3.8, 4) is 0 Å². The van der Waals surface area contributed by atoms with Gasteiger partial charge in [-0.15, -0.1) is 0 Å². The van der Waals surface area contributed by atoms with E-state index < -0.39 is 10.0 Å². The van der Waals surface area contributed by atoms with Crippen LogP contribution in [0.3, 0.4) is 0 Å². The van der Waals surface area contributed by atoms with Crippen molar-refractivity contribution in [1.29, 1.82) is 0 Å². The molecule has 2 rings (SSSR count). The Labute approximate surface area is 146 Å². The number of benzene rings is 2. The molecule has 0 saturated carbocycles. The summed E-state index contributed by atoms with van der Waals surface area (Å²) in [6, 6.07) is 14.5. The SMILES string of the molecule is Cc1ccc(S(=O)(=O)N[C@@H](CN(C)C)c2ccccc2)c(Br)c1. The second kappa shape index (κ2) is 7.57. The molecule has 0 radical (unpaired) electrons. The van der Waals surface area contributed by atoms with Crippen molar-refractivity contribution < 1.29 is 8.42 Å². The normalized spacial score (nSPS) is 13.3. The lowest BCUT2D eigenvalue weighted by Crippen LogP contribution is -2.35. The van der Waals surface area contributed by atoms with Crippen LogP contribution in [0, 0.1) is 6.92 Å². The molecule has 0 unspecified atom stereocenters. The fraction of sp³-hybridized carbons (Fsp3) is 0.294. The Bertz CT molecular complexity index is 761. The third-order valence-corrected chi connectivity index (χ3v) is 5.87. The average molecular weight is 397 g/mol. The van der Waals surface area contributed by atoms with Crippen LogP contribution in [0.5, 0.6) is 0 Å². The maximum absolute atomic E-state index is 12.8. The first-order chi connectivity index (χ1) is 10.8. The summed E-state index contributed by atoms with van der Waals surface area (Å²) in [5, 5.41) is 0. The minimum absolute atomic E-state index is 0.253. The van der Waals surface area contributed by atoms with Crippen molar-refractivity contribution >= 4 is 26.0 Å². The molecule has 2 aromatic rings. The van der Waals surface area contributed by atoms with Crippen LogP contribution in [0.15, 0.2) is 57.9 Å². The predicted octanol–water partition coefficient (Wildman–Crippen LogP) is 3.34. The average Bonchev–Trinajstić information content (AvgIpc) is 2.46. The number of halogens is 1. The van der Waals surface area contributed by atoms with E-state index in [0.29, 0.717) is 11.0 Å². The molecule has 0 aromatic heterocycles. The number of nitrogens with zero attached hydrogens (tertiary/aromatic N) is 1. The number of nitrogens with one attached hydrogen (secondary N) is 1. The van der Waals surface area contributed by atoms with Crippen molar-refractivity contribution in [2.24, 2.45) is 0 Å². The van der Waals surface area contributed by atoms with E-state index in [4.69, 9.17) is 0 Å². The molecule has 0 aliphatic carbocycles. The molecule has 0 fully saturated rings. The minimum atomic E-state index is -3.62. The molecule has 0 saturated heterocycles.